The predicted molar refractivity (Wildman–Crippen MR) is 147 cm³/mol. The molecule has 0 unspecified atom stereocenters. The minimum absolute atomic E-state index is 0.0771. The summed E-state index contributed by atoms with van der Waals surface area (Å²) in [4.78, 5) is 12.2. The van der Waals surface area contributed by atoms with E-state index in [0.717, 1.165) is 25.7 Å². The highest BCUT2D eigenvalue weighted by Crippen LogP contribution is 2.26. The summed E-state index contributed by atoms with van der Waals surface area (Å²) in [5.41, 5.74) is 2.62. The van der Waals surface area contributed by atoms with Crippen LogP contribution < -0.4 is 10.6 Å². The number of aliphatic hydroxyl groups is 1. The highest BCUT2D eigenvalue weighted by Gasteiger charge is 2.36. The fraction of sp³-hybridized carbons (Fsp3) is 0.633. The number of hydrogen-bond acceptors (Lipinski definition) is 5. The minimum Gasteiger partial charge on any atom is -0.391 e. The number of hydrogen-bond donors (Lipinski definition) is 3. The average Bonchev–Trinajstić information content (AvgIpc) is 2.82. The molecular formula is C30H48N2O4. The van der Waals surface area contributed by atoms with Gasteiger partial charge in [-0.2, -0.15) is 0 Å². The van der Waals surface area contributed by atoms with Crippen molar-refractivity contribution in [2.45, 2.75) is 97.4 Å². The third kappa shape index (κ3) is 11.0. The van der Waals surface area contributed by atoms with Gasteiger partial charge in [-0.15, -0.1) is 0 Å². The highest BCUT2D eigenvalue weighted by atomic mass is 16.7. The maximum absolute atomic E-state index is 12.2. The Morgan fingerprint density at radius 3 is 2.64 bits per heavy atom. The zero-order chi connectivity index (χ0) is 26.5. The molecule has 0 spiro atoms. The Morgan fingerprint density at radius 2 is 1.92 bits per heavy atom. The smallest absolute Gasteiger partial charge is 0.243 e. The molecule has 7 atom stereocenters. The molecule has 1 saturated heterocycles. The summed E-state index contributed by atoms with van der Waals surface area (Å²) >= 11 is 0. The number of aliphatic hydroxyl groups excluding tert-OH is 1. The monoisotopic (exact) mass is 500 g/mol. The average molecular weight is 501 g/mol. The number of carbonyl (C=O) groups is 1. The Hall–Kier alpha value is -1.99. The van der Waals surface area contributed by atoms with Gasteiger partial charge in [0.1, 0.15) is 0 Å². The maximum Gasteiger partial charge on any atom is 0.243 e. The van der Waals surface area contributed by atoms with Gasteiger partial charge in [0.2, 0.25) is 5.91 Å². The first-order chi connectivity index (χ1) is 17.2. The number of carbonyl (C=O) groups excluding carboxylic acids is 1. The second kappa shape index (κ2) is 16.0. The van der Waals surface area contributed by atoms with Crippen LogP contribution in [0.15, 0.2) is 59.8 Å². The molecule has 2 aliphatic heterocycles. The minimum atomic E-state index is -0.524. The van der Waals surface area contributed by atoms with Gasteiger partial charge in [0.05, 0.1) is 24.4 Å². The Balaban J connectivity index is 2.18. The van der Waals surface area contributed by atoms with Gasteiger partial charge in [-0.05, 0) is 59.4 Å². The van der Waals surface area contributed by atoms with Crippen LogP contribution in [0.2, 0.25) is 0 Å². The first kappa shape index (κ1) is 30.2. The normalized spacial score (nSPS) is 39.5. The van der Waals surface area contributed by atoms with E-state index in [1.54, 1.807) is 12.2 Å². The van der Waals surface area contributed by atoms with Crippen LogP contribution in [0.25, 0.3) is 0 Å². The molecule has 6 nitrogen and oxygen atoms in total. The zero-order valence-electron chi connectivity index (χ0n) is 23.1. The quantitative estimate of drug-likeness (QED) is 0.477. The van der Waals surface area contributed by atoms with Gasteiger partial charge in [-0.3, -0.25) is 4.79 Å². The number of allylic oxidation sites excluding steroid dienone is 7. The van der Waals surface area contributed by atoms with Crippen molar-refractivity contribution in [3.05, 3.63) is 59.8 Å². The van der Waals surface area contributed by atoms with Crippen molar-refractivity contribution in [3.63, 3.8) is 0 Å². The van der Waals surface area contributed by atoms with Crippen LogP contribution in [-0.4, -0.2) is 55.2 Å². The van der Waals surface area contributed by atoms with E-state index in [2.05, 4.69) is 68.7 Å². The summed E-state index contributed by atoms with van der Waals surface area (Å²) in [7, 11) is 1.84. The van der Waals surface area contributed by atoms with Crippen molar-refractivity contribution in [3.8, 4) is 0 Å². The molecular weight excluding hydrogens is 452 g/mol. The summed E-state index contributed by atoms with van der Waals surface area (Å²) < 4.78 is 12.5. The second-order valence-electron chi connectivity index (χ2n) is 10.5. The SMILES string of the molecule is CN[C@H]1[C@H](O)C[C@H](O[C@H]2C/C=C(\C)C/C(C)=C/C=C/CC[C@H](C)CNC(=O)/C=C/C=C/[C@@H]2C)O[C@@H]1C. The molecule has 2 heterocycles. The summed E-state index contributed by atoms with van der Waals surface area (Å²) in [5.74, 6) is 0.435. The van der Waals surface area contributed by atoms with Crippen molar-refractivity contribution in [2.75, 3.05) is 13.6 Å². The van der Waals surface area contributed by atoms with Crippen molar-refractivity contribution >= 4 is 5.91 Å². The van der Waals surface area contributed by atoms with Gasteiger partial charge in [0.25, 0.3) is 0 Å². The molecule has 0 aromatic carbocycles. The third-order valence-corrected chi connectivity index (χ3v) is 6.96. The molecule has 3 N–H and O–H groups in total. The van der Waals surface area contributed by atoms with Crippen molar-refractivity contribution in [2.24, 2.45) is 11.8 Å². The van der Waals surface area contributed by atoms with Crippen LogP contribution in [0.5, 0.6) is 0 Å². The Bertz CT molecular complexity index is 817. The lowest BCUT2D eigenvalue weighted by Gasteiger charge is -2.39. The van der Waals surface area contributed by atoms with Gasteiger partial charge < -0.3 is 25.2 Å². The lowest BCUT2D eigenvalue weighted by molar-refractivity contribution is -0.241. The molecule has 0 aliphatic carbocycles. The number of amides is 1. The topological polar surface area (TPSA) is 79.8 Å². The fourth-order valence-electron chi connectivity index (χ4n) is 4.68. The van der Waals surface area contributed by atoms with Crippen LogP contribution in [0, 0.1) is 11.8 Å². The summed E-state index contributed by atoms with van der Waals surface area (Å²) in [6.45, 7) is 11.2. The van der Waals surface area contributed by atoms with E-state index in [4.69, 9.17) is 9.47 Å². The molecule has 1 fully saturated rings. The molecule has 202 valence electrons. The second-order valence-corrected chi connectivity index (χ2v) is 10.5. The van der Waals surface area contributed by atoms with Gasteiger partial charge in [-0.1, -0.05) is 67.5 Å². The van der Waals surface area contributed by atoms with E-state index in [1.165, 1.54) is 11.1 Å². The third-order valence-electron chi connectivity index (χ3n) is 6.96. The fourth-order valence-corrected chi connectivity index (χ4v) is 4.68. The molecule has 6 heteroatoms. The highest BCUT2D eigenvalue weighted by molar-refractivity contribution is 5.87. The van der Waals surface area contributed by atoms with Gasteiger partial charge in [0, 0.05) is 25.0 Å². The summed E-state index contributed by atoms with van der Waals surface area (Å²) in [6.07, 6.45) is 19.0. The molecule has 0 aromatic rings. The predicted octanol–water partition coefficient (Wildman–Crippen LogP) is 4.98. The van der Waals surface area contributed by atoms with E-state index >= 15 is 0 Å². The standard InChI is InChI=1S/C30H48N2O4/c1-21-12-8-7-9-13-23(3)20-32-28(34)15-11-10-14-24(4)27(17-16-22(2)18-21)36-29-19-26(33)30(31-6)25(5)35-29/h7-8,10-12,14-16,23-27,29-31,33H,9,13,17-20H2,1-6H3,(H,32,34)/b8-7+,14-10+,15-11+,21-12+,22-16+/t23-,24-,25+,26+,27-,29-,30+/m0/s1. The molecule has 0 bridgehead atoms. The van der Waals surface area contributed by atoms with Crippen molar-refractivity contribution in [1.82, 2.24) is 10.6 Å². The molecule has 0 saturated carbocycles. The number of likely N-dealkylation sites (N-methyl/N-ethyl adjacent to an activating group) is 1. The van der Waals surface area contributed by atoms with E-state index < -0.39 is 12.4 Å². The first-order valence-electron chi connectivity index (χ1n) is 13.5. The summed E-state index contributed by atoms with van der Waals surface area (Å²) in [5, 5.41) is 16.7. The number of ether oxygens (including phenoxy) is 2. The van der Waals surface area contributed by atoms with Crippen LogP contribution in [0.1, 0.15) is 66.7 Å². The van der Waals surface area contributed by atoms with Crippen LogP contribution in [-0.2, 0) is 14.3 Å². The van der Waals surface area contributed by atoms with Crippen LogP contribution >= 0.6 is 0 Å². The number of nitrogens with one attached hydrogen (secondary N) is 2. The Labute approximate surface area is 218 Å². The van der Waals surface area contributed by atoms with Gasteiger partial charge >= 0.3 is 0 Å². The Kier molecular flexibility index (Phi) is 13.4. The Morgan fingerprint density at radius 1 is 1.14 bits per heavy atom. The maximum atomic E-state index is 12.2. The molecule has 36 heavy (non-hydrogen) atoms. The first-order valence-corrected chi connectivity index (χ1v) is 13.5. The molecule has 1 amide bonds. The zero-order valence-corrected chi connectivity index (χ0v) is 23.1. The van der Waals surface area contributed by atoms with E-state index in [-0.39, 0.29) is 30.1 Å². The summed E-state index contributed by atoms with van der Waals surface area (Å²) in [6, 6.07) is -0.105. The van der Waals surface area contributed by atoms with Gasteiger partial charge in [-0.25, -0.2) is 0 Å². The van der Waals surface area contributed by atoms with E-state index in [1.807, 2.05) is 20.0 Å². The lowest BCUT2D eigenvalue weighted by Crippen LogP contribution is -2.54. The largest absolute Gasteiger partial charge is 0.391 e. The van der Waals surface area contributed by atoms with Crippen molar-refractivity contribution < 1.29 is 19.4 Å². The van der Waals surface area contributed by atoms with Crippen LogP contribution in [0.3, 0.4) is 0 Å². The van der Waals surface area contributed by atoms with Crippen molar-refractivity contribution in [1.29, 1.82) is 0 Å². The van der Waals surface area contributed by atoms with E-state index in [9.17, 15) is 9.90 Å². The molecule has 2 aliphatic rings. The van der Waals surface area contributed by atoms with E-state index in [0.29, 0.717) is 18.9 Å². The van der Waals surface area contributed by atoms with Crippen LogP contribution in [0.4, 0.5) is 0 Å². The number of rotatable bonds is 3. The molecule has 2 rings (SSSR count). The molecule has 0 radical (unpaired) electrons. The lowest BCUT2D eigenvalue weighted by atomic mass is 9.97. The van der Waals surface area contributed by atoms with Gasteiger partial charge in [0.15, 0.2) is 6.29 Å². The molecule has 0 aromatic heterocycles.